The Morgan fingerprint density at radius 2 is 1.71 bits per heavy atom. The minimum atomic E-state index is -0.342. The summed E-state index contributed by atoms with van der Waals surface area (Å²) in [4.78, 5) is 16.9. The molecule has 4 nitrogen and oxygen atoms in total. The Hall–Kier alpha value is -2.24. The predicted molar refractivity (Wildman–Crippen MR) is 91.8 cm³/mol. The van der Waals surface area contributed by atoms with Crippen LogP contribution in [0.25, 0.3) is 0 Å². The lowest BCUT2D eigenvalue weighted by molar-refractivity contribution is 0.0391. The number of morpholine rings is 1. The third-order valence-electron chi connectivity index (χ3n) is 4.15. The third-order valence-corrected chi connectivity index (χ3v) is 4.15. The highest BCUT2D eigenvalue weighted by Gasteiger charge is 2.19. The molecule has 0 unspecified atom stereocenters. The van der Waals surface area contributed by atoms with Crippen molar-refractivity contribution in [2.45, 2.75) is 0 Å². The van der Waals surface area contributed by atoms with Crippen LogP contribution in [0.2, 0.25) is 0 Å². The van der Waals surface area contributed by atoms with Gasteiger partial charge in [0.1, 0.15) is 5.82 Å². The van der Waals surface area contributed by atoms with E-state index >= 15 is 0 Å². The van der Waals surface area contributed by atoms with E-state index in [1.807, 2.05) is 30.3 Å². The average molecular weight is 328 g/mol. The summed E-state index contributed by atoms with van der Waals surface area (Å²) in [5.41, 5.74) is 1.34. The first kappa shape index (κ1) is 16.6. The van der Waals surface area contributed by atoms with E-state index in [1.165, 1.54) is 24.3 Å². The molecule has 0 saturated carbocycles. The van der Waals surface area contributed by atoms with E-state index in [-0.39, 0.29) is 11.7 Å². The van der Waals surface area contributed by atoms with Crippen LogP contribution in [0.15, 0.2) is 54.6 Å². The first-order valence-corrected chi connectivity index (χ1v) is 8.16. The minimum Gasteiger partial charge on any atom is -0.379 e. The summed E-state index contributed by atoms with van der Waals surface area (Å²) < 4.78 is 18.5. The van der Waals surface area contributed by atoms with E-state index in [9.17, 15) is 9.18 Å². The number of carbonyl (C=O) groups excluding carboxylic acids is 1. The fourth-order valence-electron chi connectivity index (χ4n) is 2.77. The van der Waals surface area contributed by atoms with Crippen molar-refractivity contribution in [1.82, 2.24) is 4.90 Å². The number of para-hydroxylation sites is 1. The molecule has 1 fully saturated rings. The minimum absolute atomic E-state index is 0.116. The second kappa shape index (κ2) is 8.04. The zero-order valence-electron chi connectivity index (χ0n) is 13.5. The van der Waals surface area contributed by atoms with E-state index in [1.54, 1.807) is 4.90 Å². The van der Waals surface area contributed by atoms with Crippen molar-refractivity contribution in [3.63, 3.8) is 0 Å². The molecule has 1 saturated heterocycles. The van der Waals surface area contributed by atoms with E-state index in [4.69, 9.17) is 4.74 Å². The summed E-state index contributed by atoms with van der Waals surface area (Å²) >= 11 is 0. The zero-order chi connectivity index (χ0) is 16.8. The van der Waals surface area contributed by atoms with Crippen LogP contribution in [-0.2, 0) is 4.74 Å². The number of hydrogen-bond donors (Lipinski definition) is 0. The maximum Gasteiger partial charge on any atom is 0.258 e. The van der Waals surface area contributed by atoms with Gasteiger partial charge in [-0.15, -0.1) is 0 Å². The van der Waals surface area contributed by atoms with Gasteiger partial charge in [0.15, 0.2) is 0 Å². The largest absolute Gasteiger partial charge is 0.379 e. The molecule has 0 aromatic heterocycles. The monoisotopic (exact) mass is 328 g/mol. The summed E-state index contributed by atoms with van der Waals surface area (Å²) in [7, 11) is 0. The van der Waals surface area contributed by atoms with Crippen molar-refractivity contribution in [3.05, 3.63) is 66.0 Å². The van der Waals surface area contributed by atoms with Gasteiger partial charge in [0.25, 0.3) is 5.91 Å². The van der Waals surface area contributed by atoms with Gasteiger partial charge in [-0.2, -0.15) is 0 Å². The molecule has 3 rings (SSSR count). The van der Waals surface area contributed by atoms with Crippen LogP contribution in [0.5, 0.6) is 0 Å². The fourth-order valence-corrected chi connectivity index (χ4v) is 2.77. The summed E-state index contributed by atoms with van der Waals surface area (Å²) in [6.07, 6.45) is 0. The van der Waals surface area contributed by atoms with Crippen LogP contribution < -0.4 is 4.90 Å². The van der Waals surface area contributed by atoms with Crippen molar-refractivity contribution in [2.75, 3.05) is 44.3 Å². The van der Waals surface area contributed by atoms with Crippen LogP contribution in [-0.4, -0.2) is 50.2 Å². The number of rotatable bonds is 5. The van der Waals surface area contributed by atoms with Gasteiger partial charge in [-0.3, -0.25) is 9.69 Å². The van der Waals surface area contributed by atoms with Crippen molar-refractivity contribution >= 4 is 11.6 Å². The van der Waals surface area contributed by atoms with Crippen molar-refractivity contribution < 1.29 is 13.9 Å². The molecule has 0 radical (unpaired) electrons. The normalized spacial score (nSPS) is 15.2. The molecule has 0 bridgehead atoms. The van der Waals surface area contributed by atoms with Gasteiger partial charge in [0.05, 0.1) is 13.2 Å². The Morgan fingerprint density at radius 1 is 1.04 bits per heavy atom. The zero-order valence-corrected chi connectivity index (χ0v) is 13.5. The fraction of sp³-hybridized carbons (Fsp3) is 0.316. The van der Waals surface area contributed by atoms with Crippen molar-refractivity contribution in [3.8, 4) is 0 Å². The van der Waals surface area contributed by atoms with E-state index in [2.05, 4.69) is 4.90 Å². The van der Waals surface area contributed by atoms with Crippen LogP contribution in [0, 0.1) is 5.82 Å². The number of carbonyl (C=O) groups is 1. The van der Waals surface area contributed by atoms with E-state index < -0.39 is 0 Å². The standard InChI is InChI=1S/C19H21FN2O2/c20-17-8-6-16(7-9-17)19(23)22(18-4-2-1-3-5-18)11-10-21-12-14-24-15-13-21/h1-9H,10-15H2. The quantitative estimate of drug-likeness (QED) is 0.846. The lowest BCUT2D eigenvalue weighted by Gasteiger charge is -2.30. The van der Waals surface area contributed by atoms with Gasteiger partial charge in [0, 0.05) is 37.4 Å². The molecule has 1 heterocycles. The topological polar surface area (TPSA) is 32.8 Å². The molecule has 0 aliphatic carbocycles. The van der Waals surface area contributed by atoms with Crippen molar-refractivity contribution in [2.24, 2.45) is 0 Å². The van der Waals surface area contributed by atoms with Crippen LogP contribution in [0.3, 0.4) is 0 Å². The number of nitrogens with zero attached hydrogens (tertiary/aromatic N) is 2. The molecular formula is C19H21FN2O2. The number of halogens is 1. The highest BCUT2D eigenvalue weighted by atomic mass is 19.1. The number of hydrogen-bond acceptors (Lipinski definition) is 3. The summed E-state index contributed by atoms with van der Waals surface area (Å²) in [5.74, 6) is -0.458. The van der Waals surface area contributed by atoms with E-state index in [0.29, 0.717) is 12.1 Å². The van der Waals surface area contributed by atoms with Gasteiger partial charge in [-0.25, -0.2) is 4.39 Å². The first-order valence-electron chi connectivity index (χ1n) is 8.16. The maximum absolute atomic E-state index is 13.1. The van der Waals surface area contributed by atoms with Crippen LogP contribution in [0.4, 0.5) is 10.1 Å². The molecule has 0 spiro atoms. The molecule has 1 aliphatic rings. The highest BCUT2D eigenvalue weighted by Crippen LogP contribution is 2.17. The molecule has 1 aliphatic heterocycles. The van der Waals surface area contributed by atoms with Crippen LogP contribution >= 0.6 is 0 Å². The molecular weight excluding hydrogens is 307 g/mol. The Balaban J connectivity index is 1.76. The summed E-state index contributed by atoms with van der Waals surface area (Å²) in [6, 6.07) is 15.3. The van der Waals surface area contributed by atoms with Gasteiger partial charge < -0.3 is 9.64 Å². The molecule has 2 aromatic carbocycles. The second-order valence-electron chi connectivity index (χ2n) is 5.75. The van der Waals surface area contributed by atoms with Gasteiger partial charge in [-0.05, 0) is 36.4 Å². The number of amides is 1. The Bertz CT molecular complexity index is 655. The number of anilines is 1. The van der Waals surface area contributed by atoms with Gasteiger partial charge >= 0.3 is 0 Å². The lowest BCUT2D eigenvalue weighted by Crippen LogP contribution is -2.43. The number of benzene rings is 2. The first-order chi connectivity index (χ1) is 11.7. The molecule has 126 valence electrons. The van der Waals surface area contributed by atoms with Gasteiger partial charge in [0.2, 0.25) is 0 Å². The molecule has 2 aromatic rings. The predicted octanol–water partition coefficient (Wildman–Crippen LogP) is 2.80. The van der Waals surface area contributed by atoms with Crippen LogP contribution in [0.1, 0.15) is 10.4 Å². The highest BCUT2D eigenvalue weighted by molar-refractivity contribution is 6.06. The molecule has 0 N–H and O–H groups in total. The van der Waals surface area contributed by atoms with Gasteiger partial charge in [-0.1, -0.05) is 18.2 Å². The molecule has 1 amide bonds. The lowest BCUT2D eigenvalue weighted by atomic mass is 10.1. The smallest absolute Gasteiger partial charge is 0.258 e. The SMILES string of the molecule is O=C(c1ccc(F)cc1)N(CCN1CCOCC1)c1ccccc1. The van der Waals surface area contributed by atoms with E-state index in [0.717, 1.165) is 38.5 Å². The summed E-state index contributed by atoms with van der Waals surface area (Å²) in [6.45, 7) is 4.60. The maximum atomic E-state index is 13.1. The Morgan fingerprint density at radius 3 is 2.38 bits per heavy atom. The molecule has 0 atom stereocenters. The Kier molecular flexibility index (Phi) is 5.56. The number of ether oxygens (including phenoxy) is 1. The Labute approximate surface area is 141 Å². The molecule has 24 heavy (non-hydrogen) atoms. The molecule has 5 heteroatoms. The third kappa shape index (κ3) is 4.19. The van der Waals surface area contributed by atoms with Crippen molar-refractivity contribution in [1.29, 1.82) is 0 Å². The summed E-state index contributed by atoms with van der Waals surface area (Å²) in [5, 5.41) is 0. The second-order valence-corrected chi connectivity index (χ2v) is 5.75. The average Bonchev–Trinajstić information content (AvgIpc) is 2.64.